The van der Waals surface area contributed by atoms with E-state index in [9.17, 15) is 13.2 Å². The number of sulfonamides is 1. The molecule has 0 aromatic heterocycles. The maximum atomic E-state index is 12.6. The summed E-state index contributed by atoms with van der Waals surface area (Å²) in [5, 5.41) is 2.76. The first kappa shape index (κ1) is 21.4. The Bertz CT molecular complexity index is 920. The van der Waals surface area contributed by atoms with E-state index in [1.54, 1.807) is 51.1 Å². The van der Waals surface area contributed by atoms with E-state index in [0.717, 1.165) is 4.47 Å². The van der Waals surface area contributed by atoms with Gasteiger partial charge in [0, 0.05) is 15.7 Å². The van der Waals surface area contributed by atoms with E-state index in [-0.39, 0.29) is 10.8 Å². The van der Waals surface area contributed by atoms with Gasteiger partial charge >= 0.3 is 0 Å². The molecule has 2 rings (SSSR count). The number of hydrogen-bond acceptors (Lipinski definition) is 4. The van der Waals surface area contributed by atoms with Crippen molar-refractivity contribution in [2.75, 3.05) is 11.9 Å². The molecule has 0 radical (unpaired) electrons. The van der Waals surface area contributed by atoms with Crippen molar-refractivity contribution in [1.82, 2.24) is 4.72 Å². The molecule has 8 heteroatoms. The molecule has 0 heterocycles. The van der Waals surface area contributed by atoms with Crippen LogP contribution in [0.15, 0.2) is 51.8 Å². The zero-order chi connectivity index (χ0) is 20.2. The first-order valence-corrected chi connectivity index (χ1v) is 10.7. The van der Waals surface area contributed by atoms with Crippen molar-refractivity contribution in [3.05, 3.63) is 52.5 Å². The van der Waals surface area contributed by atoms with Gasteiger partial charge in [0.05, 0.1) is 17.1 Å². The van der Waals surface area contributed by atoms with Gasteiger partial charge in [-0.3, -0.25) is 4.79 Å². The SMILES string of the molecule is CCOc1ccc(Br)cc1C(=O)Nc1ccc(S(=O)(=O)NC(C)(C)C)cc1. The van der Waals surface area contributed by atoms with Crippen LogP contribution >= 0.6 is 15.9 Å². The van der Waals surface area contributed by atoms with Crippen LogP contribution in [0, 0.1) is 0 Å². The summed E-state index contributed by atoms with van der Waals surface area (Å²) < 4.78 is 33.5. The molecular weight excluding hydrogens is 432 g/mol. The summed E-state index contributed by atoms with van der Waals surface area (Å²) in [6.45, 7) is 7.59. The fourth-order valence-electron chi connectivity index (χ4n) is 2.34. The van der Waals surface area contributed by atoms with Crippen molar-refractivity contribution in [2.24, 2.45) is 0 Å². The molecule has 0 aliphatic rings. The molecule has 146 valence electrons. The van der Waals surface area contributed by atoms with Crippen molar-refractivity contribution >= 4 is 37.5 Å². The van der Waals surface area contributed by atoms with Gasteiger partial charge < -0.3 is 10.1 Å². The molecule has 0 spiro atoms. The zero-order valence-corrected chi connectivity index (χ0v) is 18.1. The molecule has 2 N–H and O–H groups in total. The van der Waals surface area contributed by atoms with Crippen LogP contribution in [-0.4, -0.2) is 26.5 Å². The summed E-state index contributed by atoms with van der Waals surface area (Å²) in [6.07, 6.45) is 0. The van der Waals surface area contributed by atoms with Crippen LogP contribution in [0.25, 0.3) is 0 Å². The minimum atomic E-state index is -3.62. The number of carbonyl (C=O) groups excluding carboxylic acids is 1. The van der Waals surface area contributed by atoms with Crippen LogP contribution in [0.2, 0.25) is 0 Å². The summed E-state index contributed by atoms with van der Waals surface area (Å²) in [5.41, 5.74) is 0.289. The van der Waals surface area contributed by atoms with Crippen molar-refractivity contribution in [3.8, 4) is 5.75 Å². The van der Waals surface area contributed by atoms with Gasteiger partial charge in [-0.05, 0) is 70.2 Å². The van der Waals surface area contributed by atoms with Crippen molar-refractivity contribution in [3.63, 3.8) is 0 Å². The van der Waals surface area contributed by atoms with E-state index in [2.05, 4.69) is 26.0 Å². The number of rotatable bonds is 6. The maximum absolute atomic E-state index is 12.6. The van der Waals surface area contributed by atoms with Crippen molar-refractivity contribution < 1.29 is 17.9 Å². The Labute approximate surface area is 168 Å². The topological polar surface area (TPSA) is 84.5 Å². The van der Waals surface area contributed by atoms with E-state index >= 15 is 0 Å². The van der Waals surface area contributed by atoms with Crippen molar-refractivity contribution in [1.29, 1.82) is 0 Å². The van der Waals surface area contributed by atoms with Gasteiger partial charge in [-0.2, -0.15) is 0 Å². The lowest BCUT2D eigenvalue weighted by molar-refractivity contribution is 0.102. The van der Waals surface area contributed by atoms with Crippen LogP contribution < -0.4 is 14.8 Å². The molecule has 27 heavy (non-hydrogen) atoms. The summed E-state index contributed by atoms with van der Waals surface area (Å²) in [6, 6.07) is 11.2. The average molecular weight is 455 g/mol. The molecule has 0 saturated carbocycles. The number of benzene rings is 2. The van der Waals surface area contributed by atoms with Gasteiger partial charge in [-0.25, -0.2) is 13.1 Å². The second kappa shape index (κ2) is 8.41. The molecule has 0 atom stereocenters. The highest BCUT2D eigenvalue weighted by Crippen LogP contribution is 2.25. The van der Waals surface area contributed by atoms with Gasteiger partial charge in [0.2, 0.25) is 10.0 Å². The minimum Gasteiger partial charge on any atom is -0.493 e. The molecule has 1 amide bonds. The Morgan fingerprint density at radius 2 is 1.74 bits per heavy atom. The Hall–Kier alpha value is -1.90. The Balaban J connectivity index is 2.20. The zero-order valence-electron chi connectivity index (χ0n) is 15.7. The third kappa shape index (κ3) is 6.05. The summed E-state index contributed by atoms with van der Waals surface area (Å²) in [5.74, 6) is 0.134. The van der Waals surface area contributed by atoms with Crippen LogP contribution in [0.5, 0.6) is 5.75 Å². The van der Waals surface area contributed by atoms with Crippen LogP contribution in [0.4, 0.5) is 5.69 Å². The molecule has 0 saturated heterocycles. The minimum absolute atomic E-state index is 0.132. The molecule has 0 aliphatic heterocycles. The predicted molar refractivity (Wildman–Crippen MR) is 110 cm³/mol. The standard InChI is InChI=1S/C19H23BrN2O4S/c1-5-26-17-11-6-13(20)12-16(17)18(23)21-14-7-9-15(10-8-14)27(24,25)22-19(2,3)4/h6-12,22H,5H2,1-4H3,(H,21,23). The van der Waals surface area contributed by atoms with E-state index in [1.165, 1.54) is 12.1 Å². The number of nitrogens with one attached hydrogen (secondary N) is 2. The quantitative estimate of drug-likeness (QED) is 0.685. The first-order valence-electron chi connectivity index (χ1n) is 8.39. The number of amides is 1. The molecule has 0 aliphatic carbocycles. The van der Waals surface area contributed by atoms with Crippen molar-refractivity contribution in [2.45, 2.75) is 38.1 Å². The molecule has 0 fully saturated rings. The van der Waals surface area contributed by atoms with E-state index in [1.807, 2.05) is 6.92 Å². The van der Waals surface area contributed by atoms with E-state index in [4.69, 9.17) is 4.74 Å². The van der Waals surface area contributed by atoms with Gasteiger partial charge in [-0.15, -0.1) is 0 Å². The third-order valence-corrected chi connectivity index (χ3v) is 5.62. The monoisotopic (exact) mass is 454 g/mol. The highest BCUT2D eigenvalue weighted by molar-refractivity contribution is 9.10. The number of hydrogen-bond donors (Lipinski definition) is 2. The summed E-state index contributed by atoms with van der Waals surface area (Å²) in [7, 11) is -3.62. The Morgan fingerprint density at radius 1 is 1.11 bits per heavy atom. The average Bonchev–Trinajstić information content (AvgIpc) is 2.55. The van der Waals surface area contributed by atoms with E-state index < -0.39 is 15.6 Å². The maximum Gasteiger partial charge on any atom is 0.259 e. The molecule has 6 nitrogen and oxygen atoms in total. The van der Waals surface area contributed by atoms with Gasteiger partial charge in [0.15, 0.2) is 0 Å². The molecule has 0 bridgehead atoms. The Morgan fingerprint density at radius 3 is 2.30 bits per heavy atom. The molecule has 2 aromatic rings. The molecule has 2 aromatic carbocycles. The largest absolute Gasteiger partial charge is 0.493 e. The first-order chi connectivity index (χ1) is 12.5. The molecular formula is C19H23BrN2O4S. The van der Waals surface area contributed by atoms with Gasteiger partial charge in [-0.1, -0.05) is 15.9 Å². The highest BCUT2D eigenvalue weighted by Gasteiger charge is 2.22. The summed E-state index contributed by atoms with van der Waals surface area (Å²) in [4.78, 5) is 12.7. The fourth-order valence-corrected chi connectivity index (χ4v) is 4.12. The van der Waals surface area contributed by atoms with Crippen LogP contribution in [-0.2, 0) is 10.0 Å². The van der Waals surface area contributed by atoms with Crippen LogP contribution in [0.1, 0.15) is 38.1 Å². The second-order valence-corrected chi connectivity index (χ2v) is 9.51. The Kier molecular flexibility index (Phi) is 6.67. The lowest BCUT2D eigenvalue weighted by Crippen LogP contribution is -2.40. The predicted octanol–water partition coefficient (Wildman–Crippen LogP) is 4.18. The lowest BCUT2D eigenvalue weighted by atomic mass is 10.1. The normalized spacial score (nSPS) is 11.9. The van der Waals surface area contributed by atoms with Crippen LogP contribution in [0.3, 0.4) is 0 Å². The number of anilines is 1. The summed E-state index contributed by atoms with van der Waals surface area (Å²) >= 11 is 3.35. The smallest absolute Gasteiger partial charge is 0.259 e. The van der Waals surface area contributed by atoms with Gasteiger partial charge in [0.1, 0.15) is 5.75 Å². The second-order valence-electron chi connectivity index (χ2n) is 6.91. The van der Waals surface area contributed by atoms with Gasteiger partial charge in [0.25, 0.3) is 5.91 Å². The third-order valence-electron chi connectivity index (χ3n) is 3.35. The fraction of sp³-hybridized carbons (Fsp3) is 0.316. The molecule has 0 unspecified atom stereocenters. The number of ether oxygens (including phenoxy) is 1. The number of carbonyl (C=O) groups is 1. The van der Waals surface area contributed by atoms with E-state index in [0.29, 0.717) is 23.6 Å². The highest BCUT2D eigenvalue weighted by atomic mass is 79.9. The lowest BCUT2D eigenvalue weighted by Gasteiger charge is -2.20. The number of halogens is 1.